The molecule has 1 saturated heterocycles. The zero-order valence-corrected chi connectivity index (χ0v) is 9.82. The summed E-state index contributed by atoms with van der Waals surface area (Å²) in [6, 6.07) is 7.50. The Labute approximate surface area is 95.4 Å². The smallest absolute Gasteiger partial charge is 0.163 e. The van der Waals surface area contributed by atoms with Gasteiger partial charge in [-0.25, -0.2) is 0 Å². The minimum absolute atomic E-state index is 0.0315. The maximum absolute atomic E-state index is 11.1. The van der Waals surface area contributed by atoms with Gasteiger partial charge in [-0.1, -0.05) is 24.3 Å². The van der Waals surface area contributed by atoms with E-state index in [4.69, 9.17) is 9.47 Å². The van der Waals surface area contributed by atoms with E-state index >= 15 is 0 Å². The summed E-state index contributed by atoms with van der Waals surface area (Å²) in [7, 11) is 0. The molecule has 1 aromatic rings. The number of rotatable bonds is 2. The van der Waals surface area contributed by atoms with Gasteiger partial charge in [0.2, 0.25) is 0 Å². The van der Waals surface area contributed by atoms with Crippen LogP contribution in [0.1, 0.15) is 42.8 Å². The van der Waals surface area contributed by atoms with Crippen LogP contribution < -0.4 is 0 Å². The fourth-order valence-electron chi connectivity index (χ4n) is 1.78. The van der Waals surface area contributed by atoms with Crippen molar-refractivity contribution in [2.45, 2.75) is 32.7 Å². The van der Waals surface area contributed by atoms with Crippen LogP contribution in [0.5, 0.6) is 0 Å². The van der Waals surface area contributed by atoms with Gasteiger partial charge in [0.05, 0.1) is 6.61 Å². The quantitative estimate of drug-likeness (QED) is 0.719. The van der Waals surface area contributed by atoms with E-state index in [0.717, 1.165) is 11.1 Å². The first-order chi connectivity index (χ1) is 7.48. The predicted molar refractivity (Wildman–Crippen MR) is 60.3 cm³/mol. The molecule has 0 radical (unpaired) electrons. The van der Waals surface area contributed by atoms with Crippen LogP contribution in [0, 0.1) is 0 Å². The summed E-state index contributed by atoms with van der Waals surface area (Å²) in [5.74, 6) is -0.431. The molecule has 2 rings (SSSR count). The van der Waals surface area contributed by atoms with E-state index in [1.165, 1.54) is 0 Å². The molecule has 0 aromatic heterocycles. The van der Waals surface area contributed by atoms with Crippen molar-refractivity contribution in [2.24, 2.45) is 0 Å². The lowest BCUT2D eigenvalue weighted by Crippen LogP contribution is -2.19. The van der Waals surface area contributed by atoms with Crippen molar-refractivity contribution in [3.63, 3.8) is 0 Å². The fraction of sp³-hybridized carbons (Fsp3) is 0.462. The molecule has 1 unspecified atom stereocenters. The predicted octanol–water partition coefficient (Wildman–Crippen LogP) is 2.71. The molecule has 0 bridgehead atoms. The van der Waals surface area contributed by atoms with Crippen molar-refractivity contribution in [1.29, 1.82) is 0 Å². The molecule has 0 N–H and O–H groups in total. The number of Topliss-reactive ketones (excluding diaryl/α,β-unsaturated/α-hetero) is 1. The highest BCUT2D eigenvalue weighted by Crippen LogP contribution is 2.32. The molecular weight excluding hydrogens is 204 g/mol. The normalized spacial score (nSPS) is 23.3. The molecule has 0 saturated carbocycles. The topological polar surface area (TPSA) is 35.5 Å². The summed E-state index contributed by atoms with van der Waals surface area (Å²) in [4.78, 5) is 11.1. The lowest BCUT2D eigenvalue weighted by atomic mass is 10.1. The Hall–Kier alpha value is -1.19. The van der Waals surface area contributed by atoms with Crippen molar-refractivity contribution in [3.05, 3.63) is 35.4 Å². The van der Waals surface area contributed by atoms with E-state index in [0.29, 0.717) is 6.61 Å². The number of ketones is 1. The Morgan fingerprint density at radius 2 is 1.94 bits per heavy atom. The van der Waals surface area contributed by atoms with E-state index in [1.807, 2.05) is 38.1 Å². The molecule has 1 heterocycles. The maximum Gasteiger partial charge on any atom is 0.163 e. The molecule has 1 aromatic carbocycles. The van der Waals surface area contributed by atoms with Crippen LogP contribution in [0.15, 0.2) is 24.3 Å². The molecule has 0 aliphatic carbocycles. The zero-order valence-electron chi connectivity index (χ0n) is 9.82. The number of carbonyl (C=O) groups excluding carboxylic acids is 1. The van der Waals surface area contributed by atoms with Crippen LogP contribution in [0.4, 0.5) is 0 Å². The van der Waals surface area contributed by atoms with Crippen LogP contribution in [0.25, 0.3) is 0 Å². The van der Waals surface area contributed by atoms with E-state index in [9.17, 15) is 4.79 Å². The van der Waals surface area contributed by atoms with Gasteiger partial charge in [0, 0.05) is 5.56 Å². The Morgan fingerprint density at radius 3 is 2.38 bits per heavy atom. The first-order valence-electron chi connectivity index (χ1n) is 5.41. The van der Waals surface area contributed by atoms with Gasteiger partial charge in [-0.15, -0.1) is 0 Å². The lowest BCUT2D eigenvalue weighted by molar-refractivity contribution is -0.139. The first kappa shape index (κ1) is 11.3. The van der Waals surface area contributed by atoms with E-state index in [1.54, 1.807) is 6.92 Å². The van der Waals surface area contributed by atoms with Crippen molar-refractivity contribution in [2.75, 3.05) is 6.61 Å². The minimum atomic E-state index is -0.510. The Balaban J connectivity index is 2.14. The van der Waals surface area contributed by atoms with E-state index in [-0.39, 0.29) is 11.9 Å². The minimum Gasteiger partial charge on any atom is -0.347 e. The lowest BCUT2D eigenvalue weighted by Gasteiger charge is -2.17. The summed E-state index contributed by atoms with van der Waals surface area (Å²) in [6.45, 7) is 5.92. The van der Waals surface area contributed by atoms with Crippen molar-refractivity contribution in [1.82, 2.24) is 0 Å². The molecule has 0 spiro atoms. The molecule has 16 heavy (non-hydrogen) atoms. The fourth-order valence-corrected chi connectivity index (χ4v) is 1.78. The van der Waals surface area contributed by atoms with Crippen LogP contribution in [-0.2, 0) is 9.47 Å². The second-order valence-electron chi connectivity index (χ2n) is 4.50. The Kier molecular flexibility index (Phi) is 2.82. The average molecular weight is 220 g/mol. The van der Waals surface area contributed by atoms with Crippen LogP contribution in [-0.4, -0.2) is 18.2 Å². The number of benzene rings is 1. The third-order valence-electron chi connectivity index (χ3n) is 2.70. The summed E-state index contributed by atoms with van der Waals surface area (Å²) in [6.07, 6.45) is -0.0315. The highest BCUT2D eigenvalue weighted by Gasteiger charge is 2.33. The van der Waals surface area contributed by atoms with E-state index in [2.05, 4.69) is 0 Å². The highest BCUT2D eigenvalue weighted by molar-refractivity contribution is 5.94. The summed E-state index contributed by atoms with van der Waals surface area (Å²) in [5.41, 5.74) is 1.78. The van der Waals surface area contributed by atoms with Gasteiger partial charge in [-0.05, 0) is 26.3 Å². The van der Waals surface area contributed by atoms with Gasteiger partial charge in [0.25, 0.3) is 0 Å². The maximum atomic E-state index is 11.1. The van der Waals surface area contributed by atoms with Crippen molar-refractivity contribution < 1.29 is 14.3 Å². The molecule has 1 atom stereocenters. The second kappa shape index (κ2) is 4.00. The van der Waals surface area contributed by atoms with Gasteiger partial charge in [-0.3, -0.25) is 4.79 Å². The molecule has 1 fully saturated rings. The number of carbonyl (C=O) groups is 1. The number of ether oxygens (including phenoxy) is 2. The van der Waals surface area contributed by atoms with Crippen LogP contribution in [0.3, 0.4) is 0 Å². The Morgan fingerprint density at radius 1 is 1.31 bits per heavy atom. The SMILES string of the molecule is CC(=O)c1ccc(C2COC(C)(C)O2)cc1. The van der Waals surface area contributed by atoms with Crippen molar-refractivity contribution >= 4 is 5.78 Å². The molecule has 3 nitrogen and oxygen atoms in total. The van der Waals surface area contributed by atoms with Gasteiger partial charge in [-0.2, -0.15) is 0 Å². The first-order valence-corrected chi connectivity index (χ1v) is 5.41. The summed E-state index contributed by atoms with van der Waals surface area (Å²) in [5, 5.41) is 0. The Bertz CT molecular complexity index is 392. The molecule has 1 aliphatic heterocycles. The molecular formula is C13H16O3. The number of hydrogen-bond acceptors (Lipinski definition) is 3. The molecule has 86 valence electrons. The third-order valence-corrected chi connectivity index (χ3v) is 2.70. The molecule has 0 amide bonds. The summed E-state index contributed by atoms with van der Waals surface area (Å²) >= 11 is 0. The largest absolute Gasteiger partial charge is 0.347 e. The molecule has 1 aliphatic rings. The second-order valence-corrected chi connectivity index (χ2v) is 4.50. The van der Waals surface area contributed by atoms with Crippen LogP contribution >= 0.6 is 0 Å². The highest BCUT2D eigenvalue weighted by atomic mass is 16.7. The molecule has 3 heteroatoms. The van der Waals surface area contributed by atoms with Gasteiger partial charge >= 0.3 is 0 Å². The van der Waals surface area contributed by atoms with Gasteiger partial charge < -0.3 is 9.47 Å². The summed E-state index contributed by atoms with van der Waals surface area (Å²) < 4.78 is 11.2. The van der Waals surface area contributed by atoms with Gasteiger partial charge in [0.1, 0.15) is 6.10 Å². The zero-order chi connectivity index (χ0) is 11.8. The van der Waals surface area contributed by atoms with Crippen LogP contribution in [0.2, 0.25) is 0 Å². The third kappa shape index (κ3) is 2.31. The van der Waals surface area contributed by atoms with Crippen molar-refractivity contribution in [3.8, 4) is 0 Å². The average Bonchev–Trinajstić information content (AvgIpc) is 2.59. The monoisotopic (exact) mass is 220 g/mol. The van der Waals surface area contributed by atoms with Gasteiger partial charge in [0.15, 0.2) is 11.6 Å². The number of hydrogen-bond donors (Lipinski definition) is 0. The van der Waals surface area contributed by atoms with E-state index < -0.39 is 5.79 Å². The standard InChI is InChI=1S/C13H16O3/c1-9(14)10-4-6-11(7-5-10)12-8-15-13(2,3)16-12/h4-7,12H,8H2,1-3H3.